The Bertz CT molecular complexity index is 900. The maximum Gasteiger partial charge on any atom is 0.147 e. The molecule has 2 aromatic heterocycles. The van der Waals surface area contributed by atoms with Crippen molar-refractivity contribution in [1.29, 1.82) is 0 Å². The zero-order chi connectivity index (χ0) is 18.5. The Morgan fingerprint density at radius 2 is 1.93 bits per heavy atom. The molecule has 5 nitrogen and oxygen atoms in total. The molecule has 27 heavy (non-hydrogen) atoms. The van der Waals surface area contributed by atoms with Crippen molar-refractivity contribution >= 4 is 23.2 Å². The number of benzene rings is 1. The summed E-state index contributed by atoms with van der Waals surface area (Å²) in [5, 5.41) is 4.17. The van der Waals surface area contributed by atoms with Crippen molar-refractivity contribution in [2.75, 3.05) is 23.3 Å². The van der Waals surface area contributed by atoms with Gasteiger partial charge in [-0.2, -0.15) is 0 Å². The molecule has 1 aliphatic heterocycles. The van der Waals surface area contributed by atoms with E-state index in [9.17, 15) is 0 Å². The molecule has 0 spiro atoms. The third-order valence-electron chi connectivity index (χ3n) is 4.82. The molecule has 3 aromatic rings. The first-order valence-corrected chi connectivity index (χ1v) is 9.65. The Morgan fingerprint density at radius 3 is 2.78 bits per heavy atom. The fourth-order valence-corrected chi connectivity index (χ4v) is 3.68. The first-order chi connectivity index (χ1) is 13.3. The minimum Gasteiger partial charge on any atom is -0.370 e. The number of anilines is 2. The molecule has 1 N–H and O–H groups in total. The van der Waals surface area contributed by atoms with Crippen LogP contribution in [0.1, 0.15) is 23.2 Å². The van der Waals surface area contributed by atoms with Crippen molar-refractivity contribution in [2.24, 2.45) is 0 Å². The van der Waals surface area contributed by atoms with Gasteiger partial charge in [0.25, 0.3) is 0 Å². The molecule has 0 radical (unpaired) electrons. The fraction of sp³-hybridized carbons (Fsp3) is 0.286. The van der Waals surface area contributed by atoms with E-state index in [2.05, 4.69) is 55.5 Å². The molecule has 0 saturated carbocycles. The van der Waals surface area contributed by atoms with Gasteiger partial charge in [0.1, 0.15) is 18.0 Å². The number of aromatic nitrogens is 3. The van der Waals surface area contributed by atoms with Gasteiger partial charge in [-0.05, 0) is 37.0 Å². The van der Waals surface area contributed by atoms with Crippen molar-refractivity contribution in [3.8, 4) is 0 Å². The summed E-state index contributed by atoms with van der Waals surface area (Å²) in [5.74, 6) is 1.78. The number of hydrogen-bond donors (Lipinski definition) is 1. The van der Waals surface area contributed by atoms with E-state index in [0.29, 0.717) is 11.6 Å². The molecular weight excluding hydrogens is 358 g/mol. The van der Waals surface area contributed by atoms with Crippen LogP contribution in [0.5, 0.6) is 0 Å². The van der Waals surface area contributed by atoms with E-state index in [0.717, 1.165) is 49.7 Å². The third kappa shape index (κ3) is 4.19. The molecule has 138 valence electrons. The van der Waals surface area contributed by atoms with E-state index < -0.39 is 0 Å². The van der Waals surface area contributed by atoms with Crippen LogP contribution in [0.15, 0.2) is 55.0 Å². The highest BCUT2D eigenvalue weighted by atomic mass is 35.5. The second kappa shape index (κ2) is 8.35. The molecule has 0 atom stereocenters. The standard InChI is InChI=1S/C21H22ClN5/c22-18-9-5-12-24-21(18)27-13-10-17-19(14-27)25-15-26-20(17)23-11-4-8-16-6-2-1-3-7-16/h1-3,5-7,9,12,15H,4,8,10-11,13-14H2,(H,23,25,26). The van der Waals surface area contributed by atoms with E-state index in [1.54, 1.807) is 12.5 Å². The first-order valence-electron chi connectivity index (χ1n) is 9.27. The molecule has 4 rings (SSSR count). The average molecular weight is 380 g/mol. The largest absolute Gasteiger partial charge is 0.370 e. The Labute approximate surface area is 164 Å². The van der Waals surface area contributed by atoms with Gasteiger partial charge in [-0.1, -0.05) is 41.9 Å². The average Bonchev–Trinajstić information content (AvgIpc) is 2.72. The van der Waals surface area contributed by atoms with Crippen molar-refractivity contribution in [3.05, 3.63) is 76.8 Å². The van der Waals surface area contributed by atoms with Gasteiger partial charge in [0.05, 0.1) is 17.3 Å². The van der Waals surface area contributed by atoms with Crippen molar-refractivity contribution in [1.82, 2.24) is 15.0 Å². The molecular formula is C21H22ClN5. The lowest BCUT2D eigenvalue weighted by Crippen LogP contribution is -2.32. The van der Waals surface area contributed by atoms with Crippen LogP contribution in [0.3, 0.4) is 0 Å². The molecule has 0 bridgehead atoms. The van der Waals surface area contributed by atoms with Crippen LogP contribution in [0.25, 0.3) is 0 Å². The van der Waals surface area contributed by atoms with E-state index in [-0.39, 0.29) is 0 Å². The normalized spacial score (nSPS) is 13.3. The molecule has 0 aliphatic carbocycles. The minimum absolute atomic E-state index is 0.675. The van der Waals surface area contributed by atoms with E-state index in [1.807, 2.05) is 12.1 Å². The van der Waals surface area contributed by atoms with Crippen LogP contribution in [-0.2, 0) is 19.4 Å². The predicted octanol–water partition coefficient (Wildman–Crippen LogP) is 4.13. The number of fused-ring (bicyclic) bond motifs is 1. The van der Waals surface area contributed by atoms with Gasteiger partial charge < -0.3 is 10.2 Å². The van der Waals surface area contributed by atoms with Crippen LogP contribution >= 0.6 is 11.6 Å². The van der Waals surface area contributed by atoms with Crippen molar-refractivity contribution in [2.45, 2.75) is 25.8 Å². The monoisotopic (exact) mass is 379 g/mol. The number of pyridine rings is 1. The van der Waals surface area contributed by atoms with Gasteiger partial charge in [-0.15, -0.1) is 0 Å². The van der Waals surface area contributed by atoms with E-state index in [4.69, 9.17) is 11.6 Å². The maximum absolute atomic E-state index is 6.30. The van der Waals surface area contributed by atoms with Gasteiger partial charge in [-0.3, -0.25) is 0 Å². The maximum atomic E-state index is 6.30. The second-order valence-corrected chi connectivity index (χ2v) is 7.05. The smallest absolute Gasteiger partial charge is 0.147 e. The van der Waals surface area contributed by atoms with Gasteiger partial charge in [0.15, 0.2) is 0 Å². The number of aryl methyl sites for hydroxylation is 1. The number of nitrogens with one attached hydrogen (secondary N) is 1. The summed E-state index contributed by atoms with van der Waals surface area (Å²) in [7, 11) is 0. The predicted molar refractivity (Wildman–Crippen MR) is 109 cm³/mol. The minimum atomic E-state index is 0.675. The second-order valence-electron chi connectivity index (χ2n) is 6.64. The number of halogens is 1. The highest BCUT2D eigenvalue weighted by Crippen LogP contribution is 2.29. The van der Waals surface area contributed by atoms with Gasteiger partial charge >= 0.3 is 0 Å². The Kier molecular flexibility index (Phi) is 5.49. The van der Waals surface area contributed by atoms with Crippen LogP contribution < -0.4 is 10.2 Å². The van der Waals surface area contributed by atoms with Crippen molar-refractivity contribution in [3.63, 3.8) is 0 Å². The molecule has 0 amide bonds. The molecule has 1 aliphatic rings. The highest BCUT2D eigenvalue weighted by Gasteiger charge is 2.22. The van der Waals surface area contributed by atoms with Gasteiger partial charge in [-0.25, -0.2) is 15.0 Å². The quantitative estimate of drug-likeness (QED) is 0.652. The van der Waals surface area contributed by atoms with Crippen LogP contribution in [0.2, 0.25) is 5.02 Å². The summed E-state index contributed by atoms with van der Waals surface area (Å²) in [6.45, 7) is 2.46. The molecule has 1 aromatic carbocycles. The summed E-state index contributed by atoms with van der Waals surface area (Å²) in [6.07, 6.45) is 6.42. The van der Waals surface area contributed by atoms with Gasteiger partial charge in [0, 0.05) is 24.8 Å². The zero-order valence-electron chi connectivity index (χ0n) is 15.1. The Hall–Kier alpha value is -2.66. The van der Waals surface area contributed by atoms with Crippen LogP contribution in [-0.4, -0.2) is 28.0 Å². The fourth-order valence-electron chi connectivity index (χ4n) is 3.44. The summed E-state index contributed by atoms with van der Waals surface area (Å²) in [6, 6.07) is 14.3. The first kappa shape index (κ1) is 17.7. The zero-order valence-corrected chi connectivity index (χ0v) is 15.9. The molecule has 6 heteroatoms. The third-order valence-corrected chi connectivity index (χ3v) is 5.12. The van der Waals surface area contributed by atoms with Crippen LogP contribution in [0.4, 0.5) is 11.6 Å². The summed E-state index contributed by atoms with van der Waals surface area (Å²) in [5.41, 5.74) is 3.62. The topological polar surface area (TPSA) is 53.9 Å². The number of nitrogens with zero attached hydrogens (tertiary/aromatic N) is 4. The van der Waals surface area contributed by atoms with Gasteiger partial charge in [0.2, 0.25) is 0 Å². The highest BCUT2D eigenvalue weighted by molar-refractivity contribution is 6.32. The molecule has 0 fully saturated rings. The summed E-state index contributed by atoms with van der Waals surface area (Å²) >= 11 is 6.30. The molecule has 0 saturated heterocycles. The summed E-state index contributed by atoms with van der Waals surface area (Å²) < 4.78 is 0. The Balaban J connectivity index is 1.39. The lowest BCUT2D eigenvalue weighted by molar-refractivity contribution is 0.695. The Morgan fingerprint density at radius 1 is 1.04 bits per heavy atom. The number of hydrogen-bond acceptors (Lipinski definition) is 5. The lowest BCUT2D eigenvalue weighted by atomic mass is 10.1. The van der Waals surface area contributed by atoms with E-state index in [1.165, 1.54) is 11.1 Å². The van der Waals surface area contributed by atoms with Crippen LogP contribution in [0, 0.1) is 0 Å². The molecule has 0 unspecified atom stereocenters. The van der Waals surface area contributed by atoms with E-state index >= 15 is 0 Å². The summed E-state index contributed by atoms with van der Waals surface area (Å²) in [4.78, 5) is 15.6. The molecule has 3 heterocycles. The number of rotatable bonds is 6. The SMILES string of the molecule is Clc1cccnc1N1CCc2c(ncnc2NCCCc2ccccc2)C1. The van der Waals surface area contributed by atoms with Crippen molar-refractivity contribution < 1.29 is 0 Å². The lowest BCUT2D eigenvalue weighted by Gasteiger charge is -2.30.